The summed E-state index contributed by atoms with van der Waals surface area (Å²) in [4.78, 5) is 4.33. The number of hydrogen-bond acceptors (Lipinski definition) is 2. The van der Waals surface area contributed by atoms with Crippen molar-refractivity contribution in [3.8, 4) is 0 Å². The monoisotopic (exact) mass is 239 g/mol. The van der Waals surface area contributed by atoms with E-state index in [-0.39, 0.29) is 0 Å². The number of aliphatic imine (C=N–C) groups is 1. The Bertz CT molecular complexity index is 438. The predicted octanol–water partition coefficient (Wildman–Crippen LogP) is 4.03. The van der Waals surface area contributed by atoms with E-state index in [0.717, 1.165) is 23.2 Å². The zero-order valence-corrected chi connectivity index (χ0v) is 11.0. The SMILES string of the molecule is CCCCCC[B]C1=CN=Cc2ccccc2N1. The normalized spacial score (nSPS) is 13.3. The van der Waals surface area contributed by atoms with Crippen LogP contribution in [0, 0.1) is 0 Å². The highest BCUT2D eigenvalue weighted by Gasteiger charge is 2.06. The molecule has 0 unspecified atom stereocenters. The zero-order valence-electron chi connectivity index (χ0n) is 11.0. The number of benzene rings is 1. The molecule has 1 N–H and O–H groups in total. The van der Waals surface area contributed by atoms with Gasteiger partial charge in [-0.3, -0.25) is 4.99 Å². The van der Waals surface area contributed by atoms with Gasteiger partial charge in [0.15, 0.2) is 7.28 Å². The van der Waals surface area contributed by atoms with Crippen LogP contribution >= 0.6 is 0 Å². The topological polar surface area (TPSA) is 24.4 Å². The Morgan fingerprint density at radius 3 is 2.94 bits per heavy atom. The maximum atomic E-state index is 4.33. The second-order valence-electron chi connectivity index (χ2n) is 4.63. The van der Waals surface area contributed by atoms with Crippen molar-refractivity contribution in [2.75, 3.05) is 5.32 Å². The molecule has 2 nitrogen and oxygen atoms in total. The fourth-order valence-corrected chi connectivity index (χ4v) is 2.04. The van der Waals surface area contributed by atoms with Gasteiger partial charge in [-0.05, 0) is 11.7 Å². The quantitative estimate of drug-likeness (QED) is 0.588. The second-order valence-corrected chi connectivity index (χ2v) is 4.63. The van der Waals surface area contributed by atoms with Gasteiger partial charge in [0.1, 0.15) is 0 Å². The Hall–Kier alpha value is -1.51. The van der Waals surface area contributed by atoms with Gasteiger partial charge in [-0.2, -0.15) is 0 Å². The van der Waals surface area contributed by atoms with Crippen molar-refractivity contribution in [2.24, 2.45) is 4.99 Å². The molecule has 1 aliphatic heterocycles. The van der Waals surface area contributed by atoms with Gasteiger partial charge < -0.3 is 5.32 Å². The molecule has 0 spiro atoms. The van der Waals surface area contributed by atoms with Crippen LogP contribution in [0.5, 0.6) is 0 Å². The summed E-state index contributed by atoms with van der Waals surface area (Å²) in [5.74, 6) is 0. The third-order valence-electron chi connectivity index (χ3n) is 3.09. The molecule has 18 heavy (non-hydrogen) atoms. The van der Waals surface area contributed by atoms with Crippen LogP contribution in [-0.4, -0.2) is 13.5 Å². The molecule has 1 aromatic rings. The van der Waals surface area contributed by atoms with Crippen molar-refractivity contribution in [1.82, 2.24) is 0 Å². The maximum Gasteiger partial charge on any atom is 0.176 e. The fourth-order valence-electron chi connectivity index (χ4n) is 2.04. The van der Waals surface area contributed by atoms with Crippen molar-refractivity contribution in [1.29, 1.82) is 0 Å². The molecule has 1 aromatic carbocycles. The average Bonchev–Trinajstić information content (AvgIpc) is 2.60. The molecule has 93 valence electrons. The Morgan fingerprint density at radius 2 is 2.06 bits per heavy atom. The highest BCUT2D eigenvalue weighted by atomic mass is 14.9. The van der Waals surface area contributed by atoms with Gasteiger partial charge in [0, 0.05) is 23.7 Å². The molecule has 1 heterocycles. The first-order valence-corrected chi connectivity index (χ1v) is 6.83. The molecule has 0 saturated carbocycles. The Balaban J connectivity index is 1.85. The molecular weight excluding hydrogens is 219 g/mol. The van der Waals surface area contributed by atoms with Crippen LogP contribution in [0.1, 0.15) is 38.2 Å². The largest absolute Gasteiger partial charge is 0.366 e. The lowest BCUT2D eigenvalue weighted by Crippen LogP contribution is -2.07. The number of rotatable bonds is 6. The smallest absolute Gasteiger partial charge is 0.176 e. The van der Waals surface area contributed by atoms with Crippen LogP contribution in [0.15, 0.2) is 41.1 Å². The first-order valence-electron chi connectivity index (χ1n) is 6.83. The van der Waals surface area contributed by atoms with Crippen LogP contribution in [0.2, 0.25) is 6.32 Å². The first kappa shape index (κ1) is 12.9. The standard InChI is InChI=1S/C15H20BN2/c1-2-3-4-7-10-16-15-12-17-11-13-8-5-6-9-14(13)18-15/h5-6,8-9,11-12,18H,2-4,7,10H2,1H3. The summed E-state index contributed by atoms with van der Waals surface area (Å²) in [5.41, 5.74) is 3.38. The van der Waals surface area contributed by atoms with E-state index in [9.17, 15) is 0 Å². The number of hydrogen-bond donors (Lipinski definition) is 1. The summed E-state index contributed by atoms with van der Waals surface area (Å²) in [6, 6.07) is 8.24. The summed E-state index contributed by atoms with van der Waals surface area (Å²) in [7, 11) is 2.25. The molecule has 2 rings (SSSR count). The first-order chi connectivity index (χ1) is 8.90. The van der Waals surface area contributed by atoms with Gasteiger partial charge in [-0.1, -0.05) is 57.1 Å². The Labute approximate surface area is 110 Å². The second kappa shape index (κ2) is 7.05. The molecule has 1 aliphatic rings. The van der Waals surface area contributed by atoms with Crippen molar-refractivity contribution in [3.05, 3.63) is 41.6 Å². The van der Waals surface area contributed by atoms with Gasteiger partial charge in [-0.15, -0.1) is 0 Å². The molecule has 0 bridgehead atoms. The molecule has 3 heteroatoms. The third kappa shape index (κ3) is 3.76. The van der Waals surface area contributed by atoms with Crippen LogP contribution in [0.3, 0.4) is 0 Å². The van der Waals surface area contributed by atoms with E-state index in [4.69, 9.17) is 0 Å². The number of anilines is 1. The number of fused-ring (bicyclic) bond motifs is 1. The van der Waals surface area contributed by atoms with Gasteiger partial charge in [0.05, 0.1) is 0 Å². The minimum atomic E-state index is 1.10. The highest BCUT2D eigenvalue weighted by Crippen LogP contribution is 2.18. The summed E-state index contributed by atoms with van der Waals surface area (Å²) in [6.07, 6.45) is 10.1. The number of nitrogens with zero attached hydrogens (tertiary/aromatic N) is 1. The van der Waals surface area contributed by atoms with E-state index < -0.39 is 0 Å². The summed E-state index contributed by atoms with van der Waals surface area (Å²) in [6.45, 7) is 2.24. The highest BCUT2D eigenvalue weighted by molar-refractivity contribution is 6.46. The lowest BCUT2D eigenvalue weighted by Gasteiger charge is -2.10. The van der Waals surface area contributed by atoms with E-state index in [2.05, 4.69) is 36.6 Å². The summed E-state index contributed by atoms with van der Waals surface area (Å²) < 4.78 is 0. The molecular formula is C15H20BN2. The molecule has 0 saturated heterocycles. The Kier molecular flexibility index (Phi) is 5.07. The number of unbranched alkanes of at least 4 members (excludes halogenated alkanes) is 3. The minimum Gasteiger partial charge on any atom is -0.366 e. The lowest BCUT2D eigenvalue weighted by atomic mass is 9.69. The van der Waals surface area contributed by atoms with Crippen molar-refractivity contribution >= 4 is 19.2 Å². The minimum absolute atomic E-state index is 1.10. The van der Waals surface area contributed by atoms with E-state index in [0.29, 0.717) is 0 Å². The molecule has 1 radical (unpaired) electrons. The van der Waals surface area contributed by atoms with Crippen LogP contribution in [0.4, 0.5) is 5.69 Å². The van der Waals surface area contributed by atoms with Crippen molar-refractivity contribution in [3.63, 3.8) is 0 Å². The van der Waals surface area contributed by atoms with Gasteiger partial charge in [-0.25, -0.2) is 0 Å². The predicted molar refractivity (Wildman–Crippen MR) is 80.4 cm³/mol. The van der Waals surface area contributed by atoms with E-state index in [1.807, 2.05) is 24.5 Å². The van der Waals surface area contributed by atoms with Gasteiger partial charge >= 0.3 is 0 Å². The van der Waals surface area contributed by atoms with Crippen LogP contribution in [0.25, 0.3) is 0 Å². The fraction of sp³-hybridized carbons (Fsp3) is 0.400. The molecule has 0 aromatic heterocycles. The van der Waals surface area contributed by atoms with E-state index in [1.54, 1.807) is 0 Å². The maximum absolute atomic E-state index is 4.33. The Morgan fingerprint density at radius 1 is 1.17 bits per heavy atom. The van der Waals surface area contributed by atoms with Crippen LogP contribution < -0.4 is 5.32 Å². The molecule has 0 aliphatic carbocycles. The average molecular weight is 239 g/mol. The van der Waals surface area contributed by atoms with Crippen LogP contribution in [-0.2, 0) is 0 Å². The van der Waals surface area contributed by atoms with Gasteiger partial charge in [0.25, 0.3) is 0 Å². The van der Waals surface area contributed by atoms with Crippen molar-refractivity contribution in [2.45, 2.75) is 38.9 Å². The summed E-state index contributed by atoms with van der Waals surface area (Å²) >= 11 is 0. The molecule has 0 atom stereocenters. The molecule has 0 amide bonds. The lowest BCUT2D eigenvalue weighted by molar-refractivity contribution is 0.700. The zero-order chi connectivity index (χ0) is 12.6. The van der Waals surface area contributed by atoms with Crippen molar-refractivity contribution < 1.29 is 0 Å². The molecule has 0 fully saturated rings. The van der Waals surface area contributed by atoms with E-state index in [1.165, 1.54) is 25.7 Å². The number of para-hydroxylation sites is 1. The number of nitrogens with one attached hydrogen (secondary N) is 1. The summed E-state index contributed by atoms with van der Waals surface area (Å²) in [5, 5.41) is 3.43. The third-order valence-corrected chi connectivity index (χ3v) is 3.09. The van der Waals surface area contributed by atoms with E-state index >= 15 is 0 Å². The van der Waals surface area contributed by atoms with Gasteiger partial charge in [0.2, 0.25) is 0 Å².